The number of fused-ring (bicyclic) bond motifs is 7. The van der Waals surface area contributed by atoms with E-state index in [1.54, 1.807) is 0 Å². The first-order valence-corrected chi connectivity index (χ1v) is 20.7. The molecule has 0 aliphatic carbocycles. The second kappa shape index (κ2) is 14.3. The first-order chi connectivity index (χ1) is 30.2. The van der Waals surface area contributed by atoms with Gasteiger partial charge in [0.05, 0.1) is 11.4 Å². The van der Waals surface area contributed by atoms with Gasteiger partial charge in [-0.25, -0.2) is 9.97 Å². The molecule has 0 saturated carbocycles. The molecule has 0 radical (unpaired) electrons. The van der Waals surface area contributed by atoms with Crippen molar-refractivity contribution < 1.29 is 4.42 Å². The van der Waals surface area contributed by atoms with Gasteiger partial charge in [0.2, 0.25) is 0 Å². The zero-order valence-corrected chi connectivity index (χ0v) is 33.1. The van der Waals surface area contributed by atoms with E-state index in [1.165, 1.54) is 37.9 Å². The third-order valence-electron chi connectivity index (χ3n) is 12.1. The van der Waals surface area contributed by atoms with Crippen molar-refractivity contribution in [3.8, 4) is 67.3 Å². The molecule has 3 heteroatoms. The Balaban J connectivity index is 1.04. The van der Waals surface area contributed by atoms with Crippen LogP contribution in [0.25, 0.3) is 122 Å². The van der Waals surface area contributed by atoms with Gasteiger partial charge in [0, 0.05) is 27.5 Å². The molecule has 3 nitrogen and oxygen atoms in total. The molecule has 0 aliphatic heterocycles. The van der Waals surface area contributed by atoms with Gasteiger partial charge >= 0.3 is 0 Å². The maximum Gasteiger partial charge on any atom is 0.160 e. The molecule has 12 rings (SSSR count). The van der Waals surface area contributed by atoms with Gasteiger partial charge in [-0.15, -0.1) is 0 Å². The van der Waals surface area contributed by atoms with Crippen molar-refractivity contribution in [1.82, 2.24) is 9.97 Å². The van der Waals surface area contributed by atoms with E-state index in [9.17, 15) is 0 Å². The van der Waals surface area contributed by atoms with Gasteiger partial charge in [0.25, 0.3) is 0 Å². The number of hydrogen-bond acceptors (Lipinski definition) is 3. The summed E-state index contributed by atoms with van der Waals surface area (Å²) in [5.41, 5.74) is 13.3. The van der Waals surface area contributed by atoms with E-state index in [0.717, 1.165) is 77.8 Å². The van der Waals surface area contributed by atoms with Crippen molar-refractivity contribution in [1.29, 1.82) is 0 Å². The minimum Gasteiger partial charge on any atom is -0.456 e. The highest BCUT2D eigenvalue weighted by atomic mass is 16.3. The van der Waals surface area contributed by atoms with Crippen molar-refractivity contribution in [2.24, 2.45) is 0 Å². The first kappa shape index (κ1) is 34.9. The third kappa shape index (κ3) is 5.98. The Morgan fingerprint density at radius 1 is 0.279 bits per heavy atom. The summed E-state index contributed by atoms with van der Waals surface area (Å²) in [6, 6.07) is 77.5. The summed E-state index contributed by atoms with van der Waals surface area (Å²) in [5.74, 6) is 0.668. The molecule has 2 heterocycles. The lowest BCUT2D eigenvalue weighted by Gasteiger charge is -2.16. The van der Waals surface area contributed by atoms with Crippen molar-refractivity contribution in [3.05, 3.63) is 218 Å². The molecule has 10 aromatic carbocycles. The van der Waals surface area contributed by atoms with Gasteiger partial charge in [0.15, 0.2) is 5.82 Å². The molecule has 0 spiro atoms. The fraction of sp³-hybridized carbons (Fsp3) is 0. The SMILES string of the molecule is c1ccc(-c2ccccc2-c2cc(-c3ccccc3-c3ccc4oc5ccccc5c4c3)nc(-c3ccc(-c4c5ccccc5cc5c4ccc4ccccc45)cc3)n2)cc1. The monoisotopic (exact) mass is 776 g/mol. The average Bonchev–Trinajstić information content (AvgIpc) is 3.71. The quantitative estimate of drug-likeness (QED) is 0.125. The number of benzene rings is 10. The van der Waals surface area contributed by atoms with Crippen LogP contribution in [0.15, 0.2) is 223 Å². The molecule has 0 aliphatic rings. The van der Waals surface area contributed by atoms with Crippen LogP contribution in [-0.2, 0) is 0 Å². The normalized spacial score (nSPS) is 11.6. The number of rotatable bonds is 6. The van der Waals surface area contributed by atoms with E-state index in [0.29, 0.717) is 5.82 Å². The van der Waals surface area contributed by atoms with Crippen LogP contribution in [0.2, 0.25) is 0 Å². The van der Waals surface area contributed by atoms with E-state index in [2.05, 4.69) is 206 Å². The van der Waals surface area contributed by atoms with Crippen LogP contribution in [0.3, 0.4) is 0 Å². The van der Waals surface area contributed by atoms with Crippen LogP contribution in [-0.4, -0.2) is 9.97 Å². The Morgan fingerprint density at radius 2 is 0.836 bits per heavy atom. The standard InChI is InChI=1S/C58H36N2O/c1-2-14-37(15-3-1)43-18-8-10-22-47(43)53-36-54(48-23-11-9-20-45(48)42-31-33-56-52(35-42)49-24-12-13-25-55(49)61-56)60-58(59-53)40-28-26-39(27-29-40)57-46-21-7-5-17-41(46)34-51-44-19-6-4-16-38(44)30-32-50(51)57/h1-36H. The zero-order chi connectivity index (χ0) is 40.3. The number of hydrogen-bond donors (Lipinski definition) is 0. The minimum atomic E-state index is 0.668. The molecule has 0 fully saturated rings. The first-order valence-electron chi connectivity index (χ1n) is 20.7. The highest BCUT2D eigenvalue weighted by Gasteiger charge is 2.18. The molecule has 0 atom stereocenters. The third-order valence-corrected chi connectivity index (χ3v) is 12.1. The van der Waals surface area contributed by atoms with Crippen LogP contribution >= 0.6 is 0 Å². The molecule has 0 bridgehead atoms. The summed E-state index contributed by atoms with van der Waals surface area (Å²) in [5, 5.41) is 9.65. The van der Waals surface area contributed by atoms with Gasteiger partial charge in [-0.1, -0.05) is 188 Å². The van der Waals surface area contributed by atoms with Crippen LogP contribution in [0.5, 0.6) is 0 Å². The topological polar surface area (TPSA) is 38.9 Å². The molecule has 0 unspecified atom stereocenters. The highest BCUT2D eigenvalue weighted by Crippen LogP contribution is 2.42. The van der Waals surface area contributed by atoms with E-state index in [-0.39, 0.29) is 0 Å². The second-order valence-corrected chi connectivity index (χ2v) is 15.7. The van der Waals surface area contributed by atoms with Gasteiger partial charge in [0.1, 0.15) is 11.2 Å². The van der Waals surface area contributed by atoms with Crippen molar-refractivity contribution in [2.75, 3.05) is 0 Å². The van der Waals surface area contributed by atoms with E-state index < -0.39 is 0 Å². The number of aromatic nitrogens is 2. The predicted molar refractivity (Wildman–Crippen MR) is 254 cm³/mol. The van der Waals surface area contributed by atoms with Gasteiger partial charge in [-0.2, -0.15) is 0 Å². The molecule has 12 aromatic rings. The Kier molecular flexibility index (Phi) is 8.17. The molecule has 0 saturated heterocycles. The summed E-state index contributed by atoms with van der Waals surface area (Å²) in [7, 11) is 0. The van der Waals surface area contributed by atoms with Gasteiger partial charge in [-0.3, -0.25) is 0 Å². The number of para-hydroxylation sites is 1. The largest absolute Gasteiger partial charge is 0.456 e. The maximum absolute atomic E-state index is 6.21. The zero-order valence-electron chi connectivity index (χ0n) is 33.1. The number of furan rings is 1. The molecule has 284 valence electrons. The summed E-state index contributed by atoms with van der Waals surface area (Å²) in [4.78, 5) is 10.8. The molecule has 2 aromatic heterocycles. The van der Waals surface area contributed by atoms with E-state index >= 15 is 0 Å². The Morgan fingerprint density at radius 3 is 1.59 bits per heavy atom. The van der Waals surface area contributed by atoms with Crippen molar-refractivity contribution in [3.63, 3.8) is 0 Å². The van der Waals surface area contributed by atoms with Crippen LogP contribution < -0.4 is 0 Å². The van der Waals surface area contributed by atoms with E-state index in [4.69, 9.17) is 14.4 Å². The maximum atomic E-state index is 6.21. The van der Waals surface area contributed by atoms with Gasteiger partial charge < -0.3 is 4.42 Å². The summed E-state index contributed by atoms with van der Waals surface area (Å²) in [6.45, 7) is 0. The minimum absolute atomic E-state index is 0.668. The summed E-state index contributed by atoms with van der Waals surface area (Å²) >= 11 is 0. The Bertz CT molecular complexity index is 3640. The molecule has 61 heavy (non-hydrogen) atoms. The van der Waals surface area contributed by atoms with Gasteiger partial charge in [-0.05, 0) is 96.0 Å². The van der Waals surface area contributed by atoms with Crippen molar-refractivity contribution >= 4 is 54.3 Å². The molecule has 0 amide bonds. The predicted octanol–water partition coefficient (Wildman–Crippen LogP) is 15.8. The summed E-state index contributed by atoms with van der Waals surface area (Å²) in [6.07, 6.45) is 0. The lowest BCUT2D eigenvalue weighted by molar-refractivity contribution is 0.669. The van der Waals surface area contributed by atoms with E-state index in [1.807, 2.05) is 12.1 Å². The van der Waals surface area contributed by atoms with Crippen molar-refractivity contribution in [2.45, 2.75) is 0 Å². The van der Waals surface area contributed by atoms with Crippen LogP contribution in [0.4, 0.5) is 0 Å². The second-order valence-electron chi connectivity index (χ2n) is 15.7. The number of nitrogens with zero attached hydrogens (tertiary/aromatic N) is 2. The Labute approximate surface area is 352 Å². The molecular formula is C58H36N2O. The molecular weight excluding hydrogens is 741 g/mol. The fourth-order valence-corrected chi connectivity index (χ4v) is 9.20. The van der Waals surface area contributed by atoms with Crippen LogP contribution in [0.1, 0.15) is 0 Å². The summed E-state index contributed by atoms with van der Waals surface area (Å²) < 4.78 is 6.21. The highest BCUT2D eigenvalue weighted by molar-refractivity contribution is 6.20. The van der Waals surface area contributed by atoms with Crippen LogP contribution in [0, 0.1) is 0 Å². The average molecular weight is 777 g/mol. The fourth-order valence-electron chi connectivity index (χ4n) is 9.20. The lowest BCUT2D eigenvalue weighted by atomic mass is 9.89. The molecule has 0 N–H and O–H groups in total. The smallest absolute Gasteiger partial charge is 0.160 e. The lowest BCUT2D eigenvalue weighted by Crippen LogP contribution is -1.98. The Hall–Kier alpha value is -8.14.